The molecule has 15 aromatic rings. The highest BCUT2D eigenvalue weighted by Gasteiger charge is 2.24. The van der Waals surface area contributed by atoms with E-state index in [1.54, 1.807) is 0 Å². The highest BCUT2D eigenvalue weighted by molar-refractivity contribution is 6.26. The van der Waals surface area contributed by atoms with Gasteiger partial charge in [0.25, 0.3) is 0 Å². The molecular weight excluding hydrogens is 915 g/mol. The van der Waals surface area contributed by atoms with Gasteiger partial charge in [-0.2, -0.15) is 0 Å². The Morgan fingerprint density at radius 2 is 0.693 bits per heavy atom. The van der Waals surface area contributed by atoms with E-state index in [4.69, 9.17) is 19.4 Å². The van der Waals surface area contributed by atoms with Crippen molar-refractivity contribution in [2.24, 2.45) is 0 Å². The van der Waals surface area contributed by atoms with Crippen LogP contribution in [-0.2, 0) is 0 Å². The summed E-state index contributed by atoms with van der Waals surface area (Å²) in [7, 11) is 0. The zero-order valence-electron chi connectivity index (χ0n) is 40.5. The Labute approximate surface area is 431 Å². The molecule has 0 aliphatic carbocycles. The lowest BCUT2D eigenvalue weighted by Gasteiger charge is -2.13. The summed E-state index contributed by atoms with van der Waals surface area (Å²) in [5.74, 6) is 1.80. The average molecular weight is 958 g/mol. The molecule has 0 amide bonds. The Bertz CT molecular complexity index is 4690. The summed E-state index contributed by atoms with van der Waals surface area (Å²) in [5.41, 5.74) is 17.5. The molecule has 0 radical (unpaired) electrons. The van der Waals surface area contributed by atoms with Crippen LogP contribution in [0, 0.1) is 0 Å². The Morgan fingerprint density at radius 1 is 0.253 bits per heavy atom. The Hall–Kier alpha value is -10.2. The Balaban J connectivity index is 0.912. The minimum atomic E-state index is 0.588. The van der Waals surface area contributed by atoms with E-state index in [0.717, 1.165) is 116 Å². The number of furan rings is 1. The van der Waals surface area contributed by atoms with Gasteiger partial charge in [0, 0.05) is 60.4 Å². The van der Waals surface area contributed by atoms with Crippen molar-refractivity contribution >= 4 is 65.6 Å². The lowest BCUT2D eigenvalue weighted by Crippen LogP contribution is -2.01. The van der Waals surface area contributed by atoms with E-state index < -0.39 is 0 Å². The second-order valence-corrected chi connectivity index (χ2v) is 19.1. The molecule has 0 saturated heterocycles. The molecule has 6 heteroatoms. The van der Waals surface area contributed by atoms with Crippen LogP contribution in [0.5, 0.6) is 0 Å². The number of fused-ring (bicyclic) bond motifs is 11. The van der Waals surface area contributed by atoms with E-state index >= 15 is 0 Å². The number of hydrogen-bond donors (Lipinski definition) is 0. The molecule has 0 N–H and O–H groups in total. The first-order valence-corrected chi connectivity index (χ1v) is 25.3. The molecule has 0 saturated carbocycles. The summed E-state index contributed by atoms with van der Waals surface area (Å²) < 4.78 is 12.1. The molecule has 0 atom stereocenters. The van der Waals surface area contributed by atoms with Crippen molar-refractivity contribution in [3.8, 4) is 78.9 Å². The molecular formula is C69H43N5O. The van der Waals surface area contributed by atoms with Gasteiger partial charge < -0.3 is 13.6 Å². The van der Waals surface area contributed by atoms with Crippen molar-refractivity contribution in [2.45, 2.75) is 0 Å². The highest BCUT2D eigenvalue weighted by atomic mass is 16.3. The van der Waals surface area contributed by atoms with Crippen molar-refractivity contribution in [2.75, 3.05) is 0 Å². The van der Waals surface area contributed by atoms with Gasteiger partial charge >= 0.3 is 0 Å². The summed E-state index contributed by atoms with van der Waals surface area (Å²) in [6, 6.07) is 92.0. The van der Waals surface area contributed by atoms with Crippen molar-refractivity contribution in [3.63, 3.8) is 0 Å². The minimum absolute atomic E-state index is 0.588. The van der Waals surface area contributed by atoms with Crippen molar-refractivity contribution in [1.82, 2.24) is 24.1 Å². The van der Waals surface area contributed by atoms with Crippen LogP contribution in [0.4, 0.5) is 0 Å². The molecule has 350 valence electrons. The molecule has 0 aliphatic rings. The molecule has 4 aromatic heterocycles. The quantitative estimate of drug-likeness (QED) is 0.152. The Morgan fingerprint density at radius 3 is 1.31 bits per heavy atom. The van der Waals surface area contributed by atoms with Crippen LogP contribution < -0.4 is 0 Å². The van der Waals surface area contributed by atoms with Crippen LogP contribution in [0.15, 0.2) is 265 Å². The van der Waals surface area contributed by atoms with Gasteiger partial charge in [-0.05, 0) is 100 Å². The van der Waals surface area contributed by atoms with Gasteiger partial charge in [-0.3, -0.25) is 0 Å². The maximum Gasteiger partial charge on any atom is 0.164 e. The average Bonchev–Trinajstić information content (AvgIpc) is 4.20. The van der Waals surface area contributed by atoms with E-state index in [0.29, 0.717) is 17.5 Å². The number of para-hydroxylation sites is 2. The fourth-order valence-electron chi connectivity index (χ4n) is 11.3. The van der Waals surface area contributed by atoms with Gasteiger partial charge in [0.05, 0.1) is 22.1 Å². The van der Waals surface area contributed by atoms with Crippen molar-refractivity contribution in [3.05, 3.63) is 261 Å². The van der Waals surface area contributed by atoms with Gasteiger partial charge in [-0.15, -0.1) is 0 Å². The predicted molar refractivity (Wildman–Crippen MR) is 308 cm³/mol. The number of rotatable bonds is 8. The zero-order valence-corrected chi connectivity index (χ0v) is 40.5. The normalized spacial score (nSPS) is 11.7. The summed E-state index contributed by atoms with van der Waals surface area (Å²) >= 11 is 0. The first kappa shape index (κ1) is 42.5. The largest absolute Gasteiger partial charge is 0.452 e. The summed E-state index contributed by atoms with van der Waals surface area (Å²) in [4.78, 5) is 15.7. The van der Waals surface area contributed by atoms with Gasteiger partial charge in [0.1, 0.15) is 0 Å². The minimum Gasteiger partial charge on any atom is -0.452 e. The Kier molecular flexibility index (Phi) is 9.78. The second kappa shape index (κ2) is 17.3. The third kappa shape index (κ3) is 6.99. The fourth-order valence-corrected chi connectivity index (χ4v) is 11.3. The maximum absolute atomic E-state index is 7.39. The lowest BCUT2D eigenvalue weighted by atomic mass is 9.99. The molecule has 0 bridgehead atoms. The van der Waals surface area contributed by atoms with Crippen molar-refractivity contribution in [1.29, 1.82) is 0 Å². The van der Waals surface area contributed by atoms with Crippen LogP contribution in [0.25, 0.3) is 144 Å². The van der Waals surface area contributed by atoms with Crippen molar-refractivity contribution < 1.29 is 4.42 Å². The highest BCUT2D eigenvalue weighted by Crippen LogP contribution is 2.45. The molecule has 0 spiro atoms. The van der Waals surface area contributed by atoms with Crippen LogP contribution in [0.2, 0.25) is 0 Å². The molecule has 0 aliphatic heterocycles. The second-order valence-electron chi connectivity index (χ2n) is 19.1. The first-order chi connectivity index (χ1) is 37.2. The number of nitrogens with zero attached hydrogens (tertiary/aromatic N) is 5. The summed E-state index contributed by atoms with van der Waals surface area (Å²) in [5, 5.41) is 6.73. The molecule has 6 nitrogen and oxygen atoms in total. The van der Waals surface area contributed by atoms with Gasteiger partial charge in [0.2, 0.25) is 0 Å². The SMILES string of the molecule is c1ccc(-c2cccc(-c3nc(-c4ccc(-n5c6ccccc6c6ccc7c8ccc9c%10ccccc%10n(-c%10cccc(-c%11ccccc%11)c%10)c9c8oc7c65)cc4)nc(-c4ccccc4-c4ccccc4)n3)c2)cc1. The lowest BCUT2D eigenvalue weighted by molar-refractivity contribution is 0.673. The molecule has 0 unspecified atom stereocenters. The topological polar surface area (TPSA) is 61.7 Å². The third-order valence-electron chi connectivity index (χ3n) is 14.8. The van der Waals surface area contributed by atoms with E-state index in [1.807, 2.05) is 18.2 Å². The molecule has 4 heterocycles. The summed E-state index contributed by atoms with van der Waals surface area (Å²) in [6.07, 6.45) is 0. The first-order valence-electron chi connectivity index (χ1n) is 25.3. The smallest absolute Gasteiger partial charge is 0.164 e. The number of aromatic nitrogens is 5. The van der Waals surface area contributed by atoms with Gasteiger partial charge in [0.15, 0.2) is 28.6 Å². The zero-order chi connectivity index (χ0) is 49.4. The molecule has 11 aromatic carbocycles. The molecule has 0 fully saturated rings. The van der Waals surface area contributed by atoms with E-state index in [2.05, 4.69) is 252 Å². The monoisotopic (exact) mass is 957 g/mol. The fraction of sp³-hybridized carbons (Fsp3) is 0. The molecule has 75 heavy (non-hydrogen) atoms. The number of benzene rings is 11. The number of hydrogen-bond acceptors (Lipinski definition) is 4. The molecule has 15 rings (SSSR count). The standard InChI is InChI=1S/C69H43N5O/c1-4-18-44(19-5-1)48-24-16-26-50(42-48)68-70-67(71-69(72-68)60-31-11-10-28-53(60)46-22-8-3-9-23-46)47-34-36-51(37-35-47)73-61-32-14-12-29-54(61)56-38-40-58-59-41-39-57-55-30-13-15-33-62(55)74(64(57)66(59)75-65(58)63(56)73)52-27-17-25-49(43-52)45-20-6-2-7-21-45/h1-43H. The van der Waals surface area contributed by atoms with Crippen LogP contribution in [0.1, 0.15) is 0 Å². The maximum atomic E-state index is 7.39. The summed E-state index contributed by atoms with van der Waals surface area (Å²) in [6.45, 7) is 0. The third-order valence-corrected chi connectivity index (χ3v) is 14.8. The predicted octanol–water partition coefficient (Wildman–Crippen LogP) is 18.0. The van der Waals surface area contributed by atoms with E-state index in [-0.39, 0.29) is 0 Å². The van der Waals surface area contributed by atoms with Gasteiger partial charge in [-0.25, -0.2) is 15.0 Å². The van der Waals surface area contributed by atoms with Crippen LogP contribution in [-0.4, -0.2) is 24.1 Å². The van der Waals surface area contributed by atoms with Gasteiger partial charge in [-0.1, -0.05) is 194 Å². The van der Waals surface area contributed by atoms with Crippen LogP contribution in [0.3, 0.4) is 0 Å². The van der Waals surface area contributed by atoms with E-state index in [1.165, 1.54) is 10.9 Å². The van der Waals surface area contributed by atoms with Crippen LogP contribution >= 0.6 is 0 Å². The van der Waals surface area contributed by atoms with E-state index in [9.17, 15) is 0 Å².